The summed E-state index contributed by atoms with van der Waals surface area (Å²) in [4.78, 5) is 10.4. The molecule has 0 aromatic carbocycles. The standard InChI is InChI=1S/C17H30O2S/c1-14(2)7-5-8-15(3)9-6-10-16(4)11-12-20-13-17(18)19/h7,9,16H,5-6,8,10-13H2,1-4H3,(H,18,19)/b15-9+. The Labute approximate surface area is 128 Å². The Morgan fingerprint density at radius 2 is 1.85 bits per heavy atom. The number of hydrogen-bond donors (Lipinski definition) is 1. The highest BCUT2D eigenvalue weighted by Gasteiger charge is 2.03. The van der Waals surface area contributed by atoms with Crippen LogP contribution in [-0.4, -0.2) is 22.6 Å². The molecule has 0 saturated carbocycles. The van der Waals surface area contributed by atoms with E-state index in [4.69, 9.17) is 5.11 Å². The summed E-state index contributed by atoms with van der Waals surface area (Å²) in [7, 11) is 0. The van der Waals surface area contributed by atoms with Gasteiger partial charge in [-0.3, -0.25) is 4.79 Å². The molecular formula is C17H30O2S. The van der Waals surface area contributed by atoms with E-state index >= 15 is 0 Å². The van der Waals surface area contributed by atoms with Gasteiger partial charge in [0.15, 0.2) is 0 Å². The van der Waals surface area contributed by atoms with E-state index in [2.05, 4.69) is 39.8 Å². The number of hydrogen-bond acceptors (Lipinski definition) is 2. The van der Waals surface area contributed by atoms with Gasteiger partial charge in [0.2, 0.25) is 0 Å². The zero-order valence-electron chi connectivity index (χ0n) is 13.4. The quantitative estimate of drug-likeness (QED) is 0.415. The number of rotatable bonds is 11. The average Bonchev–Trinajstić information content (AvgIpc) is 2.34. The molecule has 1 N–H and O–H groups in total. The smallest absolute Gasteiger partial charge is 0.313 e. The lowest BCUT2D eigenvalue weighted by molar-refractivity contribution is -0.133. The normalized spacial score (nSPS) is 13.1. The second-order valence-electron chi connectivity index (χ2n) is 5.79. The summed E-state index contributed by atoms with van der Waals surface area (Å²) < 4.78 is 0. The van der Waals surface area contributed by atoms with E-state index in [1.54, 1.807) is 0 Å². The van der Waals surface area contributed by atoms with Gasteiger partial charge in [0.1, 0.15) is 0 Å². The Hall–Kier alpha value is -0.700. The summed E-state index contributed by atoms with van der Waals surface area (Å²) in [6.45, 7) is 8.76. The van der Waals surface area contributed by atoms with E-state index < -0.39 is 5.97 Å². The number of thioether (sulfide) groups is 1. The molecule has 0 saturated heterocycles. The van der Waals surface area contributed by atoms with Gasteiger partial charge in [-0.2, -0.15) is 11.8 Å². The van der Waals surface area contributed by atoms with Crippen molar-refractivity contribution < 1.29 is 9.90 Å². The van der Waals surface area contributed by atoms with E-state index in [0.29, 0.717) is 5.92 Å². The Balaban J connectivity index is 3.65. The molecule has 3 heteroatoms. The average molecular weight is 298 g/mol. The molecule has 0 radical (unpaired) electrons. The van der Waals surface area contributed by atoms with Crippen molar-refractivity contribution in [1.29, 1.82) is 0 Å². The maximum Gasteiger partial charge on any atom is 0.313 e. The third-order valence-corrected chi connectivity index (χ3v) is 4.20. The van der Waals surface area contributed by atoms with Crippen LogP contribution in [-0.2, 0) is 4.79 Å². The number of carboxylic acid groups (broad SMARTS) is 1. The third-order valence-electron chi connectivity index (χ3n) is 3.22. The van der Waals surface area contributed by atoms with Gasteiger partial charge in [-0.25, -0.2) is 0 Å². The molecule has 0 amide bonds. The van der Waals surface area contributed by atoms with Crippen molar-refractivity contribution in [3.63, 3.8) is 0 Å². The molecule has 0 aliphatic heterocycles. The van der Waals surface area contributed by atoms with Crippen LogP contribution in [0.1, 0.15) is 59.8 Å². The number of carbonyl (C=O) groups is 1. The second kappa shape index (κ2) is 12.1. The van der Waals surface area contributed by atoms with Crippen molar-refractivity contribution in [2.24, 2.45) is 5.92 Å². The zero-order valence-corrected chi connectivity index (χ0v) is 14.3. The van der Waals surface area contributed by atoms with E-state index in [-0.39, 0.29) is 5.75 Å². The minimum atomic E-state index is -0.711. The molecular weight excluding hydrogens is 268 g/mol. The minimum absolute atomic E-state index is 0.232. The van der Waals surface area contributed by atoms with Crippen LogP contribution in [0.2, 0.25) is 0 Å². The number of allylic oxidation sites excluding steroid dienone is 4. The van der Waals surface area contributed by atoms with Crippen LogP contribution in [0, 0.1) is 5.92 Å². The van der Waals surface area contributed by atoms with Crippen molar-refractivity contribution in [2.45, 2.75) is 59.8 Å². The molecule has 0 rings (SSSR count). The first-order valence-electron chi connectivity index (χ1n) is 7.50. The Morgan fingerprint density at radius 3 is 2.45 bits per heavy atom. The summed E-state index contributed by atoms with van der Waals surface area (Å²) in [6.07, 6.45) is 10.4. The number of carboxylic acids is 1. The monoisotopic (exact) mass is 298 g/mol. The van der Waals surface area contributed by atoms with Gasteiger partial charge in [-0.15, -0.1) is 0 Å². The van der Waals surface area contributed by atoms with Crippen LogP contribution < -0.4 is 0 Å². The molecule has 2 nitrogen and oxygen atoms in total. The van der Waals surface area contributed by atoms with Gasteiger partial charge in [0.25, 0.3) is 0 Å². The molecule has 20 heavy (non-hydrogen) atoms. The number of aliphatic carboxylic acids is 1. The van der Waals surface area contributed by atoms with Crippen LogP contribution in [0.3, 0.4) is 0 Å². The summed E-state index contributed by atoms with van der Waals surface area (Å²) in [6, 6.07) is 0. The molecule has 0 bridgehead atoms. The maximum atomic E-state index is 10.4. The molecule has 1 atom stereocenters. The van der Waals surface area contributed by atoms with E-state index in [9.17, 15) is 4.79 Å². The summed E-state index contributed by atoms with van der Waals surface area (Å²) in [5, 5.41) is 8.55. The molecule has 0 spiro atoms. The molecule has 1 unspecified atom stereocenters. The summed E-state index contributed by atoms with van der Waals surface area (Å²) in [5.41, 5.74) is 2.88. The molecule has 0 fully saturated rings. The van der Waals surface area contributed by atoms with Crippen molar-refractivity contribution in [3.05, 3.63) is 23.3 Å². The molecule has 0 aliphatic rings. The Bertz CT molecular complexity index is 328. The van der Waals surface area contributed by atoms with Crippen LogP contribution in [0.4, 0.5) is 0 Å². The van der Waals surface area contributed by atoms with Crippen molar-refractivity contribution in [1.82, 2.24) is 0 Å². The first-order chi connectivity index (χ1) is 9.41. The van der Waals surface area contributed by atoms with Crippen molar-refractivity contribution in [3.8, 4) is 0 Å². The summed E-state index contributed by atoms with van der Waals surface area (Å²) >= 11 is 1.52. The van der Waals surface area contributed by atoms with Gasteiger partial charge in [-0.05, 0) is 64.5 Å². The van der Waals surface area contributed by atoms with Gasteiger partial charge in [-0.1, -0.05) is 30.2 Å². The predicted octanol–water partition coefficient (Wildman–Crippen LogP) is 5.30. The van der Waals surface area contributed by atoms with E-state index in [1.165, 1.54) is 29.3 Å². The van der Waals surface area contributed by atoms with Gasteiger partial charge in [0.05, 0.1) is 5.75 Å². The van der Waals surface area contributed by atoms with Gasteiger partial charge in [0, 0.05) is 0 Å². The molecule has 0 aliphatic carbocycles. The van der Waals surface area contributed by atoms with E-state index in [0.717, 1.165) is 31.4 Å². The minimum Gasteiger partial charge on any atom is -0.481 e. The molecule has 116 valence electrons. The first kappa shape index (κ1) is 19.3. The Kier molecular flexibility index (Phi) is 11.6. The molecule has 0 aromatic rings. The highest BCUT2D eigenvalue weighted by molar-refractivity contribution is 7.99. The lowest BCUT2D eigenvalue weighted by Gasteiger charge is -2.09. The largest absolute Gasteiger partial charge is 0.481 e. The zero-order chi connectivity index (χ0) is 15.4. The SMILES string of the molecule is CC(C)=CCC/C(C)=C/CCC(C)CCSCC(=O)O. The predicted molar refractivity (Wildman–Crippen MR) is 90.4 cm³/mol. The fourth-order valence-electron chi connectivity index (χ4n) is 1.89. The Morgan fingerprint density at radius 1 is 1.15 bits per heavy atom. The van der Waals surface area contributed by atoms with Gasteiger partial charge < -0.3 is 5.11 Å². The topological polar surface area (TPSA) is 37.3 Å². The highest BCUT2D eigenvalue weighted by atomic mass is 32.2. The van der Waals surface area contributed by atoms with Crippen LogP contribution in [0.15, 0.2) is 23.3 Å². The van der Waals surface area contributed by atoms with Crippen LogP contribution in [0.5, 0.6) is 0 Å². The second-order valence-corrected chi connectivity index (χ2v) is 6.89. The van der Waals surface area contributed by atoms with E-state index in [1.807, 2.05) is 0 Å². The van der Waals surface area contributed by atoms with Crippen molar-refractivity contribution >= 4 is 17.7 Å². The first-order valence-corrected chi connectivity index (χ1v) is 8.65. The fourth-order valence-corrected chi connectivity index (χ4v) is 2.78. The van der Waals surface area contributed by atoms with Crippen molar-refractivity contribution in [2.75, 3.05) is 11.5 Å². The maximum absolute atomic E-state index is 10.4. The van der Waals surface area contributed by atoms with Gasteiger partial charge >= 0.3 is 5.97 Å². The highest BCUT2D eigenvalue weighted by Crippen LogP contribution is 2.16. The lowest BCUT2D eigenvalue weighted by Crippen LogP contribution is -2.01. The summed E-state index contributed by atoms with van der Waals surface area (Å²) in [5.74, 6) is 1.16. The third kappa shape index (κ3) is 13.7. The lowest BCUT2D eigenvalue weighted by atomic mass is 10.0. The van der Waals surface area contributed by atoms with Crippen LogP contribution in [0.25, 0.3) is 0 Å². The van der Waals surface area contributed by atoms with Crippen LogP contribution >= 0.6 is 11.8 Å². The fraction of sp³-hybridized carbons (Fsp3) is 0.706. The molecule has 0 aromatic heterocycles. The molecule has 0 heterocycles.